The smallest absolute Gasteiger partial charge is 0.267 e. The molecule has 1 amide bonds. The number of nitrogens with one attached hydrogen (secondary N) is 1. The highest BCUT2D eigenvalue weighted by atomic mass is 16.5. The van der Waals surface area contributed by atoms with Gasteiger partial charge in [-0.3, -0.25) is 4.79 Å². The highest BCUT2D eigenvalue weighted by Gasteiger charge is 2.36. The van der Waals surface area contributed by atoms with Gasteiger partial charge in [0.15, 0.2) is 0 Å². The van der Waals surface area contributed by atoms with Crippen LogP contribution in [-0.2, 0) is 11.3 Å². The number of carbonyl (C=O) groups is 1. The third-order valence-electron chi connectivity index (χ3n) is 4.18. The molecule has 0 radical (unpaired) electrons. The molecular weight excluding hydrogens is 280 g/mol. The number of amides is 1. The number of rotatable bonds is 3. The fraction of sp³-hybridized carbons (Fsp3) is 0.438. The maximum absolute atomic E-state index is 12.7. The molecule has 1 aromatic heterocycles. The minimum absolute atomic E-state index is 0.0262. The number of carbonyl (C=O) groups excluding carboxylic acids is 1. The summed E-state index contributed by atoms with van der Waals surface area (Å²) < 4.78 is 5.11. The van der Waals surface area contributed by atoms with E-state index in [1.807, 2.05) is 29.2 Å². The average molecular weight is 300 g/mol. The minimum Gasteiger partial charge on any atom is -0.338 e. The van der Waals surface area contributed by atoms with E-state index in [2.05, 4.69) is 29.3 Å². The second-order valence-electron chi connectivity index (χ2n) is 5.72. The molecule has 6 nitrogen and oxygen atoms in total. The maximum Gasteiger partial charge on any atom is 0.267 e. The molecule has 2 heterocycles. The summed E-state index contributed by atoms with van der Waals surface area (Å²) in [5.74, 6) is 1.11. The van der Waals surface area contributed by atoms with E-state index in [4.69, 9.17) is 4.52 Å². The van der Waals surface area contributed by atoms with Gasteiger partial charge in [0.25, 0.3) is 5.95 Å². The molecule has 1 N–H and O–H groups in total. The predicted molar refractivity (Wildman–Crippen MR) is 83.5 cm³/mol. The molecule has 1 aliphatic heterocycles. The Hall–Kier alpha value is -2.37. The van der Waals surface area contributed by atoms with Crippen molar-refractivity contribution >= 4 is 17.5 Å². The number of hydrogen-bond donors (Lipinski definition) is 1. The highest BCUT2D eigenvalue weighted by molar-refractivity contribution is 5.98. The quantitative estimate of drug-likeness (QED) is 0.943. The largest absolute Gasteiger partial charge is 0.338 e. The van der Waals surface area contributed by atoms with Gasteiger partial charge in [0.05, 0.1) is 0 Å². The predicted octanol–water partition coefficient (Wildman–Crippen LogP) is 2.75. The van der Waals surface area contributed by atoms with E-state index in [9.17, 15) is 4.79 Å². The van der Waals surface area contributed by atoms with Crippen molar-refractivity contribution in [3.63, 3.8) is 0 Å². The van der Waals surface area contributed by atoms with Crippen LogP contribution in [-0.4, -0.2) is 22.1 Å². The molecule has 22 heavy (non-hydrogen) atoms. The van der Waals surface area contributed by atoms with E-state index in [-0.39, 0.29) is 17.9 Å². The third kappa shape index (κ3) is 2.56. The lowest BCUT2D eigenvalue weighted by Gasteiger charge is -2.31. The maximum atomic E-state index is 12.7. The molecule has 2 atom stereocenters. The first-order valence-electron chi connectivity index (χ1n) is 7.56. The standard InChI is InChI=1S/C16H20N4O2/c1-4-10(2)14-15(21)18-13-8-6-5-7-12(13)9-20(14)16-17-11(3)22-19-16/h5-8,10,14H,4,9H2,1-3H3,(H,18,21)/t10?,14-/m0/s1. The lowest BCUT2D eigenvalue weighted by molar-refractivity contribution is -0.118. The van der Waals surface area contributed by atoms with Gasteiger partial charge in [0.2, 0.25) is 11.8 Å². The van der Waals surface area contributed by atoms with Crippen LogP contribution in [0.25, 0.3) is 0 Å². The van der Waals surface area contributed by atoms with E-state index in [1.165, 1.54) is 0 Å². The summed E-state index contributed by atoms with van der Waals surface area (Å²) in [7, 11) is 0. The topological polar surface area (TPSA) is 71.3 Å². The minimum atomic E-state index is -0.325. The first-order valence-corrected chi connectivity index (χ1v) is 7.56. The number of aromatic nitrogens is 2. The summed E-state index contributed by atoms with van der Waals surface area (Å²) in [5.41, 5.74) is 1.90. The van der Waals surface area contributed by atoms with Gasteiger partial charge in [-0.15, -0.1) is 0 Å². The second kappa shape index (κ2) is 5.79. The Bertz CT molecular complexity index is 682. The Morgan fingerprint density at radius 3 is 2.91 bits per heavy atom. The van der Waals surface area contributed by atoms with Gasteiger partial charge in [0, 0.05) is 19.2 Å². The number of fused-ring (bicyclic) bond motifs is 1. The van der Waals surface area contributed by atoms with Crippen molar-refractivity contribution in [2.75, 3.05) is 10.2 Å². The molecule has 1 aliphatic rings. The number of hydrogen-bond acceptors (Lipinski definition) is 5. The zero-order valence-corrected chi connectivity index (χ0v) is 13.0. The molecule has 0 fully saturated rings. The van der Waals surface area contributed by atoms with Gasteiger partial charge >= 0.3 is 0 Å². The third-order valence-corrected chi connectivity index (χ3v) is 4.18. The fourth-order valence-corrected chi connectivity index (χ4v) is 2.80. The molecule has 0 aliphatic carbocycles. The van der Waals surface area contributed by atoms with Gasteiger partial charge in [-0.1, -0.05) is 38.5 Å². The number of anilines is 2. The van der Waals surface area contributed by atoms with Crippen LogP contribution in [0.15, 0.2) is 28.8 Å². The lowest BCUT2D eigenvalue weighted by atomic mass is 9.97. The lowest BCUT2D eigenvalue weighted by Crippen LogP contribution is -2.46. The molecule has 0 bridgehead atoms. The Labute approximate surface area is 129 Å². The van der Waals surface area contributed by atoms with Gasteiger partial charge in [-0.05, 0) is 22.7 Å². The van der Waals surface area contributed by atoms with Crippen molar-refractivity contribution in [1.29, 1.82) is 0 Å². The molecule has 6 heteroatoms. The number of para-hydroxylation sites is 1. The molecule has 3 rings (SSSR count). The molecule has 0 saturated heterocycles. The summed E-state index contributed by atoms with van der Waals surface area (Å²) in [5, 5.41) is 7.04. The highest BCUT2D eigenvalue weighted by Crippen LogP contribution is 2.29. The van der Waals surface area contributed by atoms with Crippen molar-refractivity contribution in [3.8, 4) is 0 Å². The van der Waals surface area contributed by atoms with E-state index < -0.39 is 0 Å². The van der Waals surface area contributed by atoms with Crippen molar-refractivity contribution < 1.29 is 9.32 Å². The van der Waals surface area contributed by atoms with Crippen LogP contribution < -0.4 is 10.2 Å². The Balaban J connectivity index is 2.06. The van der Waals surface area contributed by atoms with E-state index in [0.717, 1.165) is 17.7 Å². The summed E-state index contributed by atoms with van der Waals surface area (Å²) in [6.45, 7) is 6.47. The summed E-state index contributed by atoms with van der Waals surface area (Å²) >= 11 is 0. The molecular formula is C16H20N4O2. The van der Waals surface area contributed by atoms with Crippen LogP contribution >= 0.6 is 0 Å². The molecule has 2 aromatic rings. The molecule has 116 valence electrons. The zero-order valence-electron chi connectivity index (χ0n) is 13.0. The van der Waals surface area contributed by atoms with Crippen molar-refractivity contribution in [2.24, 2.45) is 5.92 Å². The van der Waals surface area contributed by atoms with Crippen LogP contribution in [0.5, 0.6) is 0 Å². The molecule has 0 spiro atoms. The van der Waals surface area contributed by atoms with E-state index in [1.54, 1.807) is 6.92 Å². The van der Waals surface area contributed by atoms with Crippen molar-refractivity contribution in [3.05, 3.63) is 35.7 Å². The summed E-state index contributed by atoms with van der Waals surface area (Å²) in [6.07, 6.45) is 0.891. The SMILES string of the molecule is CCC(C)[C@H]1C(=O)Nc2ccccc2CN1c1noc(C)n1. The fourth-order valence-electron chi connectivity index (χ4n) is 2.80. The van der Waals surface area contributed by atoms with Gasteiger partial charge in [-0.2, -0.15) is 4.98 Å². The van der Waals surface area contributed by atoms with Gasteiger partial charge < -0.3 is 14.7 Å². The van der Waals surface area contributed by atoms with Crippen LogP contribution in [0.4, 0.5) is 11.6 Å². The van der Waals surface area contributed by atoms with Crippen molar-refractivity contribution in [1.82, 2.24) is 10.1 Å². The molecule has 0 saturated carbocycles. The van der Waals surface area contributed by atoms with Crippen LogP contribution in [0.3, 0.4) is 0 Å². The van der Waals surface area contributed by atoms with Crippen LogP contribution in [0, 0.1) is 12.8 Å². The zero-order chi connectivity index (χ0) is 15.7. The first-order chi connectivity index (χ1) is 10.6. The van der Waals surface area contributed by atoms with E-state index in [0.29, 0.717) is 18.4 Å². The number of nitrogens with zero attached hydrogens (tertiary/aromatic N) is 3. The van der Waals surface area contributed by atoms with Crippen LogP contribution in [0.1, 0.15) is 31.7 Å². The normalized spacial score (nSPS) is 19.3. The Morgan fingerprint density at radius 2 is 2.23 bits per heavy atom. The Morgan fingerprint density at radius 1 is 1.45 bits per heavy atom. The van der Waals surface area contributed by atoms with Gasteiger partial charge in [-0.25, -0.2) is 0 Å². The molecule has 1 aromatic carbocycles. The first kappa shape index (κ1) is 14.6. The summed E-state index contributed by atoms with van der Waals surface area (Å²) in [4.78, 5) is 19.0. The Kier molecular flexibility index (Phi) is 3.83. The molecule has 1 unspecified atom stereocenters. The van der Waals surface area contributed by atoms with Gasteiger partial charge in [0.1, 0.15) is 6.04 Å². The average Bonchev–Trinajstić information content (AvgIpc) is 2.87. The monoisotopic (exact) mass is 300 g/mol. The second-order valence-corrected chi connectivity index (χ2v) is 5.72. The summed E-state index contributed by atoms with van der Waals surface area (Å²) in [6, 6.07) is 7.49. The van der Waals surface area contributed by atoms with Crippen LogP contribution in [0.2, 0.25) is 0 Å². The number of aryl methyl sites for hydroxylation is 1. The van der Waals surface area contributed by atoms with E-state index >= 15 is 0 Å². The van der Waals surface area contributed by atoms with Crippen molar-refractivity contribution in [2.45, 2.75) is 39.8 Å². The number of benzene rings is 1.